The second-order valence-corrected chi connectivity index (χ2v) is 8.39. The summed E-state index contributed by atoms with van der Waals surface area (Å²) in [6.07, 6.45) is 2.72. The topological polar surface area (TPSA) is 97.4 Å². The maximum Gasteiger partial charge on any atom is 0.265 e. The Balaban J connectivity index is 1.72. The number of hydrogen-bond acceptors (Lipinski definition) is 5. The number of pyridine rings is 1. The molecule has 0 saturated carbocycles. The van der Waals surface area contributed by atoms with Crippen molar-refractivity contribution in [1.29, 1.82) is 0 Å². The van der Waals surface area contributed by atoms with Crippen LogP contribution in [0.1, 0.15) is 21.6 Å². The number of carbonyl (C=O) groups is 1. The van der Waals surface area contributed by atoms with Gasteiger partial charge in [0.25, 0.3) is 15.9 Å². The molecule has 0 saturated heterocycles. The predicted molar refractivity (Wildman–Crippen MR) is 94.4 cm³/mol. The molecule has 1 amide bonds. The van der Waals surface area contributed by atoms with Gasteiger partial charge >= 0.3 is 0 Å². The van der Waals surface area contributed by atoms with Crippen molar-refractivity contribution in [2.24, 2.45) is 0 Å². The number of nitrogens with zero attached hydrogens (tertiary/aromatic N) is 1. The van der Waals surface area contributed by atoms with E-state index in [1.165, 1.54) is 18.3 Å². The highest BCUT2D eigenvalue weighted by molar-refractivity contribution is 9.10. The van der Waals surface area contributed by atoms with E-state index in [1.54, 1.807) is 0 Å². The first-order chi connectivity index (χ1) is 11.9. The van der Waals surface area contributed by atoms with Crippen molar-refractivity contribution in [3.63, 3.8) is 0 Å². The van der Waals surface area contributed by atoms with Crippen molar-refractivity contribution < 1.29 is 17.9 Å². The Morgan fingerprint density at radius 3 is 2.92 bits per heavy atom. The molecule has 3 heterocycles. The largest absolute Gasteiger partial charge is 0.492 e. The predicted octanol–water partition coefficient (Wildman–Crippen LogP) is 1.87. The monoisotopic (exact) mass is 423 g/mol. The highest BCUT2D eigenvalue weighted by atomic mass is 79.9. The summed E-state index contributed by atoms with van der Waals surface area (Å²) in [7, 11) is -3.88. The first kappa shape index (κ1) is 16.3. The minimum Gasteiger partial charge on any atom is -0.492 e. The Morgan fingerprint density at radius 2 is 2.08 bits per heavy atom. The third-order valence-corrected chi connectivity index (χ3v) is 5.96. The van der Waals surface area contributed by atoms with Crippen molar-refractivity contribution in [3.05, 3.63) is 45.7 Å². The summed E-state index contributed by atoms with van der Waals surface area (Å²) < 4.78 is 34.3. The summed E-state index contributed by atoms with van der Waals surface area (Å²) in [5.41, 5.74) is 2.14. The second kappa shape index (κ2) is 5.99. The van der Waals surface area contributed by atoms with E-state index in [1.807, 2.05) is 6.07 Å². The molecule has 0 atom stereocenters. The summed E-state index contributed by atoms with van der Waals surface area (Å²) in [6.45, 7) is 0.986. The van der Waals surface area contributed by atoms with Gasteiger partial charge in [-0.2, -0.15) is 0 Å². The number of amides is 1. The van der Waals surface area contributed by atoms with Gasteiger partial charge in [0, 0.05) is 29.4 Å². The van der Waals surface area contributed by atoms with Gasteiger partial charge < -0.3 is 10.1 Å². The lowest BCUT2D eigenvalue weighted by molar-refractivity contribution is 0.0945. The second-order valence-electron chi connectivity index (χ2n) is 5.82. The smallest absolute Gasteiger partial charge is 0.265 e. The van der Waals surface area contributed by atoms with Gasteiger partial charge in [-0.3, -0.25) is 14.5 Å². The molecule has 0 radical (unpaired) electrons. The molecule has 2 aliphatic heterocycles. The Kier molecular flexibility index (Phi) is 3.92. The van der Waals surface area contributed by atoms with Crippen molar-refractivity contribution in [3.8, 4) is 5.75 Å². The van der Waals surface area contributed by atoms with Crippen LogP contribution in [0.25, 0.3) is 0 Å². The molecular weight excluding hydrogens is 410 g/mol. The number of benzene rings is 1. The van der Waals surface area contributed by atoms with Crippen LogP contribution in [0.2, 0.25) is 0 Å². The number of halogens is 1. The van der Waals surface area contributed by atoms with Crippen LogP contribution in [0, 0.1) is 0 Å². The number of sulfonamides is 1. The van der Waals surface area contributed by atoms with Crippen LogP contribution in [0.15, 0.2) is 33.8 Å². The Morgan fingerprint density at radius 1 is 1.24 bits per heavy atom. The average molecular weight is 424 g/mol. The third kappa shape index (κ3) is 2.98. The number of fused-ring (bicyclic) bond motifs is 2. The van der Waals surface area contributed by atoms with Crippen LogP contribution in [0.3, 0.4) is 0 Å². The standard InChI is InChI=1S/C16H14BrN3O4S/c17-10-5-9-2-4-24-15(9)14(6-10)25(22,23)20-11-7-12-13(19-8-11)1-3-18-16(12)21/h5-8,20H,1-4H2,(H,18,21). The molecule has 0 unspecified atom stereocenters. The molecule has 2 aromatic rings. The van der Waals surface area contributed by atoms with E-state index in [9.17, 15) is 13.2 Å². The quantitative estimate of drug-likeness (QED) is 0.784. The van der Waals surface area contributed by atoms with Crippen molar-refractivity contribution >= 4 is 37.5 Å². The summed E-state index contributed by atoms with van der Waals surface area (Å²) in [6, 6.07) is 4.87. The molecule has 1 aromatic carbocycles. The van der Waals surface area contributed by atoms with Gasteiger partial charge in [0.2, 0.25) is 0 Å². The van der Waals surface area contributed by atoms with Gasteiger partial charge in [0.15, 0.2) is 0 Å². The molecule has 4 rings (SSSR count). The minimum absolute atomic E-state index is 0.0662. The number of anilines is 1. The number of nitrogens with one attached hydrogen (secondary N) is 2. The molecule has 130 valence electrons. The van der Waals surface area contributed by atoms with Crippen LogP contribution in [0.5, 0.6) is 5.75 Å². The van der Waals surface area contributed by atoms with Crippen LogP contribution in [-0.2, 0) is 22.9 Å². The van der Waals surface area contributed by atoms with Crippen LogP contribution < -0.4 is 14.8 Å². The average Bonchev–Trinajstić information content (AvgIpc) is 3.02. The first-order valence-corrected chi connectivity index (χ1v) is 9.97. The molecule has 1 aromatic heterocycles. The number of rotatable bonds is 3. The number of ether oxygens (including phenoxy) is 1. The van der Waals surface area contributed by atoms with Gasteiger partial charge in [-0.15, -0.1) is 0 Å². The fourth-order valence-electron chi connectivity index (χ4n) is 2.98. The highest BCUT2D eigenvalue weighted by Crippen LogP contribution is 2.36. The zero-order valence-electron chi connectivity index (χ0n) is 13.0. The lowest BCUT2D eigenvalue weighted by Gasteiger charge is -2.17. The number of aromatic nitrogens is 1. The van der Waals surface area contributed by atoms with Gasteiger partial charge in [0.1, 0.15) is 10.6 Å². The van der Waals surface area contributed by atoms with Gasteiger partial charge in [-0.1, -0.05) is 15.9 Å². The molecule has 0 spiro atoms. The first-order valence-electron chi connectivity index (χ1n) is 7.69. The van der Waals surface area contributed by atoms with Crippen LogP contribution in [0.4, 0.5) is 5.69 Å². The molecule has 7 nitrogen and oxygen atoms in total. The Bertz CT molecular complexity index is 991. The SMILES string of the molecule is O=C1NCCc2ncc(NS(=O)(=O)c3cc(Br)cc4c3OCC4)cc21. The minimum atomic E-state index is -3.88. The fraction of sp³-hybridized carbons (Fsp3) is 0.250. The van der Waals surface area contributed by atoms with E-state index in [2.05, 4.69) is 31.0 Å². The summed E-state index contributed by atoms with van der Waals surface area (Å²) in [5, 5.41) is 2.72. The highest BCUT2D eigenvalue weighted by Gasteiger charge is 2.27. The lowest BCUT2D eigenvalue weighted by Crippen LogP contribution is -2.32. The maximum atomic E-state index is 12.8. The van der Waals surface area contributed by atoms with E-state index in [0.717, 1.165) is 5.56 Å². The van der Waals surface area contributed by atoms with E-state index >= 15 is 0 Å². The lowest BCUT2D eigenvalue weighted by atomic mass is 10.1. The molecule has 2 aliphatic rings. The van der Waals surface area contributed by atoms with E-state index < -0.39 is 10.0 Å². The van der Waals surface area contributed by atoms with Crippen LogP contribution >= 0.6 is 15.9 Å². The van der Waals surface area contributed by atoms with Gasteiger partial charge in [0.05, 0.1) is 29.7 Å². The van der Waals surface area contributed by atoms with Crippen molar-refractivity contribution in [2.45, 2.75) is 17.7 Å². The zero-order valence-corrected chi connectivity index (χ0v) is 15.4. The fourth-order valence-corrected chi connectivity index (χ4v) is 4.88. The summed E-state index contributed by atoms with van der Waals surface area (Å²) in [5.74, 6) is 0.126. The molecule has 0 fully saturated rings. The Hall–Kier alpha value is -2.13. The van der Waals surface area contributed by atoms with Gasteiger partial charge in [-0.25, -0.2) is 8.42 Å². The molecule has 0 bridgehead atoms. The van der Waals surface area contributed by atoms with Gasteiger partial charge in [-0.05, 0) is 18.2 Å². The number of hydrogen-bond donors (Lipinski definition) is 2. The van der Waals surface area contributed by atoms with Crippen LogP contribution in [-0.4, -0.2) is 32.5 Å². The zero-order chi connectivity index (χ0) is 17.6. The van der Waals surface area contributed by atoms with Crippen molar-refractivity contribution in [1.82, 2.24) is 10.3 Å². The number of carbonyl (C=O) groups excluding carboxylic acids is 1. The summed E-state index contributed by atoms with van der Waals surface area (Å²) >= 11 is 3.34. The molecule has 9 heteroatoms. The molecule has 0 aliphatic carbocycles. The molecule has 2 N–H and O–H groups in total. The van der Waals surface area contributed by atoms with E-state index in [-0.39, 0.29) is 16.5 Å². The molecular formula is C16H14BrN3O4S. The maximum absolute atomic E-state index is 12.8. The van der Waals surface area contributed by atoms with E-state index in [0.29, 0.717) is 47.5 Å². The van der Waals surface area contributed by atoms with E-state index in [4.69, 9.17) is 4.74 Å². The Labute approximate surface area is 153 Å². The van der Waals surface area contributed by atoms with Crippen molar-refractivity contribution in [2.75, 3.05) is 17.9 Å². The molecule has 25 heavy (non-hydrogen) atoms. The summed E-state index contributed by atoms with van der Waals surface area (Å²) in [4.78, 5) is 16.2. The normalized spacial score (nSPS) is 15.8. The third-order valence-electron chi connectivity index (χ3n) is 4.12.